The Labute approximate surface area is 45.9 Å². The third kappa shape index (κ3) is 1.07. The second-order valence-corrected chi connectivity index (χ2v) is 2.63. The van der Waals surface area contributed by atoms with Crippen LogP contribution in [0.25, 0.3) is 0 Å². The van der Waals surface area contributed by atoms with Crippen molar-refractivity contribution in [2.24, 2.45) is 0 Å². The molecular weight excluding hydrogens is 114 g/mol. The molecule has 0 radical (unpaired) electrons. The second kappa shape index (κ2) is 2.00. The summed E-state index contributed by atoms with van der Waals surface area (Å²) in [5.74, 6) is 0.792. The summed E-state index contributed by atoms with van der Waals surface area (Å²) in [6, 6.07) is 0. The van der Waals surface area contributed by atoms with Crippen LogP contribution in [0.3, 0.4) is 0 Å². The van der Waals surface area contributed by atoms with Crippen molar-refractivity contribution in [1.82, 2.24) is 0 Å². The summed E-state index contributed by atoms with van der Waals surface area (Å²) in [6.07, 6.45) is 0. The van der Waals surface area contributed by atoms with Crippen LogP contribution in [0.15, 0.2) is 0 Å². The molecule has 2 unspecified atom stereocenters. The lowest BCUT2D eigenvalue weighted by Gasteiger charge is -2.16. The van der Waals surface area contributed by atoms with Crippen LogP contribution in [0.1, 0.15) is 0 Å². The maximum absolute atomic E-state index is 10.3. The molecule has 0 spiro atoms. The fourth-order valence-electron chi connectivity index (χ4n) is 0.488. The number of nitrogens with one attached hydrogen (secondary N) is 1. The minimum Gasteiger partial charge on any atom is -0.632 e. The highest BCUT2D eigenvalue weighted by Gasteiger charge is 2.18. The van der Waals surface area contributed by atoms with E-state index < -0.39 is 5.56 Å². The number of quaternary nitrogens is 1. The Balaban J connectivity index is 2.33. The summed E-state index contributed by atoms with van der Waals surface area (Å²) in [5, 5.41) is 18.9. The van der Waals surface area contributed by atoms with Crippen molar-refractivity contribution >= 4 is 11.8 Å². The Morgan fingerprint density at radius 3 is 2.71 bits per heavy atom. The van der Waals surface area contributed by atoms with Gasteiger partial charge in [-0.05, 0) is 0 Å². The molecule has 4 heteroatoms. The standard InChI is InChI=1S/C3H7NO2S/c5-3-4(6)1-2-7-3/h3-5H,1-2H2. The Morgan fingerprint density at radius 2 is 2.57 bits per heavy atom. The van der Waals surface area contributed by atoms with Gasteiger partial charge in [0.1, 0.15) is 0 Å². The average Bonchev–Trinajstić information content (AvgIpc) is 1.91. The predicted molar refractivity (Wildman–Crippen MR) is 27.7 cm³/mol. The maximum Gasteiger partial charge on any atom is 0.238 e. The lowest BCUT2D eigenvalue weighted by atomic mass is 10.7. The van der Waals surface area contributed by atoms with Crippen molar-refractivity contribution in [3.8, 4) is 0 Å². The van der Waals surface area contributed by atoms with Crippen LogP contribution < -0.4 is 5.06 Å². The Kier molecular flexibility index (Phi) is 1.53. The van der Waals surface area contributed by atoms with Crippen molar-refractivity contribution < 1.29 is 10.2 Å². The zero-order valence-corrected chi connectivity index (χ0v) is 4.57. The van der Waals surface area contributed by atoms with E-state index in [1.165, 1.54) is 11.8 Å². The SMILES string of the molecule is [O-][NH+]1CCSC1O. The molecule has 1 aliphatic rings. The van der Waals surface area contributed by atoms with Gasteiger partial charge < -0.3 is 15.4 Å². The zero-order chi connectivity index (χ0) is 5.28. The molecule has 3 nitrogen and oxygen atoms in total. The summed E-state index contributed by atoms with van der Waals surface area (Å²) >= 11 is 1.31. The van der Waals surface area contributed by atoms with Gasteiger partial charge in [0.05, 0.1) is 12.3 Å². The zero-order valence-electron chi connectivity index (χ0n) is 3.76. The summed E-state index contributed by atoms with van der Waals surface area (Å²) in [7, 11) is 0. The molecule has 0 amide bonds. The number of hydrogen-bond donors (Lipinski definition) is 2. The van der Waals surface area contributed by atoms with Crippen LogP contribution in [0.4, 0.5) is 0 Å². The van der Waals surface area contributed by atoms with E-state index in [9.17, 15) is 5.21 Å². The molecule has 0 aliphatic carbocycles. The van der Waals surface area contributed by atoms with E-state index in [2.05, 4.69) is 0 Å². The molecule has 0 aromatic carbocycles. The van der Waals surface area contributed by atoms with Gasteiger partial charge in [-0.2, -0.15) is 0 Å². The topological polar surface area (TPSA) is 47.7 Å². The van der Waals surface area contributed by atoms with Crippen LogP contribution in [0, 0.1) is 5.21 Å². The van der Waals surface area contributed by atoms with E-state index in [1.54, 1.807) is 0 Å². The number of hydroxylamine groups is 2. The second-order valence-electron chi connectivity index (χ2n) is 1.44. The molecule has 0 saturated carbocycles. The molecule has 1 rings (SSSR count). The average molecular weight is 121 g/mol. The molecule has 0 aromatic rings. The van der Waals surface area contributed by atoms with E-state index in [0.717, 1.165) is 5.75 Å². The first kappa shape index (κ1) is 5.37. The van der Waals surface area contributed by atoms with Gasteiger partial charge in [-0.3, -0.25) is 0 Å². The highest BCUT2D eigenvalue weighted by atomic mass is 32.2. The van der Waals surface area contributed by atoms with Crippen LogP contribution in [0.2, 0.25) is 0 Å². The quantitative estimate of drug-likeness (QED) is 0.379. The van der Waals surface area contributed by atoms with Crippen molar-refractivity contribution in [2.75, 3.05) is 12.3 Å². The summed E-state index contributed by atoms with van der Waals surface area (Å²) in [4.78, 5) is 0. The summed E-state index contributed by atoms with van der Waals surface area (Å²) in [6.45, 7) is 0.547. The minimum atomic E-state index is -0.708. The molecule has 1 aliphatic heterocycles. The van der Waals surface area contributed by atoms with E-state index in [1.807, 2.05) is 0 Å². The molecule has 1 fully saturated rings. The van der Waals surface area contributed by atoms with Gasteiger partial charge in [-0.1, -0.05) is 11.8 Å². The third-order valence-corrected chi connectivity index (χ3v) is 1.92. The van der Waals surface area contributed by atoms with Gasteiger partial charge in [0, 0.05) is 0 Å². The largest absolute Gasteiger partial charge is 0.632 e. The lowest BCUT2D eigenvalue weighted by molar-refractivity contribution is -0.873. The molecule has 1 saturated heterocycles. The van der Waals surface area contributed by atoms with Crippen LogP contribution >= 0.6 is 11.8 Å². The fraction of sp³-hybridized carbons (Fsp3) is 1.00. The first-order chi connectivity index (χ1) is 3.30. The predicted octanol–water partition coefficient (Wildman–Crippen LogP) is -1.61. The molecule has 0 aromatic heterocycles. The van der Waals surface area contributed by atoms with Crippen molar-refractivity contribution in [2.45, 2.75) is 5.56 Å². The van der Waals surface area contributed by atoms with Gasteiger partial charge in [0.25, 0.3) is 0 Å². The Morgan fingerprint density at radius 1 is 1.86 bits per heavy atom. The lowest BCUT2D eigenvalue weighted by Crippen LogP contribution is -3.08. The number of thioether (sulfide) groups is 1. The molecule has 0 bridgehead atoms. The Bertz CT molecular complexity index is 62.0. The molecular formula is C3H7NO2S. The van der Waals surface area contributed by atoms with Crippen molar-refractivity contribution in [1.29, 1.82) is 0 Å². The fourth-order valence-corrected chi connectivity index (χ4v) is 1.33. The molecule has 7 heavy (non-hydrogen) atoms. The molecule has 1 heterocycles. The van der Waals surface area contributed by atoms with Gasteiger partial charge in [-0.25, -0.2) is 0 Å². The number of hydrogen-bond acceptors (Lipinski definition) is 3. The Hall–Kier alpha value is 0.230. The number of rotatable bonds is 0. The van der Waals surface area contributed by atoms with Crippen LogP contribution in [-0.2, 0) is 0 Å². The molecule has 2 N–H and O–H groups in total. The summed E-state index contributed by atoms with van der Waals surface area (Å²) in [5.41, 5.74) is -0.708. The number of aliphatic hydroxyl groups is 1. The van der Waals surface area contributed by atoms with Gasteiger partial charge in [-0.15, -0.1) is 0 Å². The van der Waals surface area contributed by atoms with Crippen molar-refractivity contribution in [3.05, 3.63) is 5.21 Å². The highest BCUT2D eigenvalue weighted by molar-refractivity contribution is 7.99. The van der Waals surface area contributed by atoms with Crippen molar-refractivity contribution in [3.63, 3.8) is 0 Å². The van der Waals surface area contributed by atoms with E-state index in [-0.39, 0.29) is 5.06 Å². The van der Waals surface area contributed by atoms with Gasteiger partial charge in [0.15, 0.2) is 0 Å². The van der Waals surface area contributed by atoms with E-state index in [0.29, 0.717) is 6.54 Å². The number of aliphatic hydroxyl groups excluding tert-OH is 1. The smallest absolute Gasteiger partial charge is 0.238 e. The summed E-state index contributed by atoms with van der Waals surface area (Å²) < 4.78 is 0. The van der Waals surface area contributed by atoms with E-state index >= 15 is 0 Å². The van der Waals surface area contributed by atoms with Gasteiger partial charge >= 0.3 is 0 Å². The normalized spacial score (nSPS) is 42.0. The van der Waals surface area contributed by atoms with Gasteiger partial charge in [0.2, 0.25) is 5.56 Å². The first-order valence-electron chi connectivity index (χ1n) is 2.13. The molecule has 2 atom stereocenters. The van der Waals surface area contributed by atoms with Crippen LogP contribution in [0.5, 0.6) is 0 Å². The monoisotopic (exact) mass is 121 g/mol. The third-order valence-electron chi connectivity index (χ3n) is 0.900. The maximum atomic E-state index is 10.3. The minimum absolute atomic E-state index is 0.0231. The van der Waals surface area contributed by atoms with Crippen LogP contribution in [-0.4, -0.2) is 23.0 Å². The van der Waals surface area contributed by atoms with E-state index in [4.69, 9.17) is 5.11 Å². The first-order valence-corrected chi connectivity index (χ1v) is 3.18. The molecule has 42 valence electrons. The highest BCUT2D eigenvalue weighted by Crippen LogP contribution is 2.04.